The van der Waals surface area contributed by atoms with Crippen LogP contribution in [0.3, 0.4) is 0 Å². The molecule has 31 heavy (non-hydrogen) atoms. The summed E-state index contributed by atoms with van der Waals surface area (Å²) >= 11 is 0. The van der Waals surface area contributed by atoms with E-state index in [1.54, 1.807) is 11.1 Å². The minimum Gasteiger partial charge on any atom is -0.304 e. The van der Waals surface area contributed by atoms with E-state index < -0.39 is 0 Å². The van der Waals surface area contributed by atoms with Gasteiger partial charge in [0.15, 0.2) is 0 Å². The Morgan fingerprint density at radius 2 is 1.68 bits per heavy atom. The molecule has 4 aromatic rings. The molecule has 4 heteroatoms. The maximum Gasteiger partial charge on any atom is 0.0656 e. The van der Waals surface area contributed by atoms with Gasteiger partial charge in [0.2, 0.25) is 0 Å². The van der Waals surface area contributed by atoms with Crippen molar-refractivity contribution in [3.05, 3.63) is 65.4 Å². The smallest absolute Gasteiger partial charge is 0.0656 e. The first-order chi connectivity index (χ1) is 15.3. The van der Waals surface area contributed by atoms with E-state index in [2.05, 4.69) is 69.5 Å². The fourth-order valence-corrected chi connectivity index (χ4v) is 5.52. The third-order valence-electron chi connectivity index (χ3n) is 7.32. The Labute approximate surface area is 183 Å². The molecule has 2 heterocycles. The van der Waals surface area contributed by atoms with Gasteiger partial charge in [-0.3, -0.25) is 10.00 Å². The lowest BCUT2D eigenvalue weighted by Crippen LogP contribution is -2.43. The molecule has 158 valence electrons. The standard InChI is InChI=1S/C27H30N4/c1-30-12-14-31(15-13-30)18-19-6-8-20(9-7-19)24-16-21-10-11-26-25(17-28-29-26)27(21)23-5-3-2-4-22(23)24/h6-11,16-17H,2-5,12-15,18H2,1H3,(H,28,29). The number of hydrogen-bond acceptors (Lipinski definition) is 3. The zero-order valence-electron chi connectivity index (χ0n) is 18.3. The Balaban J connectivity index is 1.38. The van der Waals surface area contributed by atoms with E-state index >= 15 is 0 Å². The van der Waals surface area contributed by atoms with Crippen molar-refractivity contribution in [1.82, 2.24) is 20.0 Å². The number of piperazine rings is 1. The quantitative estimate of drug-likeness (QED) is 0.516. The molecule has 3 aromatic carbocycles. The largest absolute Gasteiger partial charge is 0.304 e. The predicted molar refractivity (Wildman–Crippen MR) is 128 cm³/mol. The normalized spacial score (nSPS) is 18.0. The second-order valence-electron chi connectivity index (χ2n) is 9.36. The van der Waals surface area contributed by atoms with Crippen LogP contribution >= 0.6 is 0 Å². The summed E-state index contributed by atoms with van der Waals surface area (Å²) < 4.78 is 0. The highest BCUT2D eigenvalue weighted by Crippen LogP contribution is 2.39. The van der Waals surface area contributed by atoms with Gasteiger partial charge in [-0.05, 0) is 83.5 Å². The van der Waals surface area contributed by atoms with Gasteiger partial charge in [0.05, 0.1) is 11.7 Å². The van der Waals surface area contributed by atoms with Crippen molar-refractivity contribution < 1.29 is 0 Å². The summed E-state index contributed by atoms with van der Waals surface area (Å²) in [6.07, 6.45) is 6.92. The molecule has 1 N–H and O–H groups in total. The van der Waals surface area contributed by atoms with Gasteiger partial charge in [0.25, 0.3) is 0 Å². The molecule has 2 aliphatic rings. The van der Waals surface area contributed by atoms with E-state index in [4.69, 9.17) is 0 Å². The molecular weight excluding hydrogens is 380 g/mol. The van der Waals surface area contributed by atoms with Gasteiger partial charge >= 0.3 is 0 Å². The lowest BCUT2D eigenvalue weighted by Gasteiger charge is -2.32. The summed E-state index contributed by atoms with van der Waals surface area (Å²) in [7, 11) is 2.22. The van der Waals surface area contributed by atoms with E-state index in [9.17, 15) is 0 Å². The van der Waals surface area contributed by atoms with E-state index in [1.807, 2.05) is 6.20 Å². The number of aryl methyl sites for hydroxylation is 1. The number of nitrogens with zero attached hydrogens (tertiary/aromatic N) is 3. The van der Waals surface area contributed by atoms with Gasteiger partial charge in [0.1, 0.15) is 0 Å². The van der Waals surface area contributed by atoms with Crippen molar-refractivity contribution >= 4 is 21.7 Å². The van der Waals surface area contributed by atoms with Crippen LogP contribution in [0.1, 0.15) is 29.5 Å². The first-order valence-corrected chi connectivity index (χ1v) is 11.7. The van der Waals surface area contributed by atoms with E-state index in [0.717, 1.165) is 12.1 Å². The topological polar surface area (TPSA) is 35.2 Å². The molecule has 1 aliphatic carbocycles. The lowest BCUT2D eigenvalue weighted by atomic mass is 9.81. The number of H-pyrrole nitrogens is 1. The zero-order chi connectivity index (χ0) is 20.8. The van der Waals surface area contributed by atoms with Crippen LogP contribution in [-0.2, 0) is 19.4 Å². The average molecular weight is 411 g/mol. The molecule has 1 fully saturated rings. The zero-order valence-corrected chi connectivity index (χ0v) is 18.3. The van der Waals surface area contributed by atoms with Crippen LogP contribution in [0.15, 0.2) is 48.7 Å². The number of aromatic amines is 1. The number of hydrogen-bond donors (Lipinski definition) is 1. The predicted octanol–water partition coefficient (Wildman–Crippen LogP) is 5.01. The Hall–Kier alpha value is -2.69. The number of likely N-dealkylation sites (N-methyl/N-ethyl adjacent to an activating group) is 1. The van der Waals surface area contributed by atoms with Crippen molar-refractivity contribution in [3.8, 4) is 11.1 Å². The highest BCUT2D eigenvalue weighted by molar-refractivity contribution is 6.09. The first-order valence-electron chi connectivity index (χ1n) is 11.7. The Morgan fingerprint density at radius 3 is 2.48 bits per heavy atom. The van der Waals surface area contributed by atoms with Gasteiger partial charge in [-0.2, -0.15) is 5.10 Å². The average Bonchev–Trinajstić information content (AvgIpc) is 3.29. The van der Waals surface area contributed by atoms with Gasteiger partial charge < -0.3 is 4.90 Å². The SMILES string of the molecule is CN1CCN(Cc2ccc(-c3cc4ccc5[nH]ncc5c4c4c3CCCC4)cc2)CC1. The van der Waals surface area contributed by atoms with Gasteiger partial charge in [-0.1, -0.05) is 30.3 Å². The second-order valence-corrected chi connectivity index (χ2v) is 9.36. The third kappa shape index (κ3) is 3.44. The van der Waals surface area contributed by atoms with Crippen LogP contribution < -0.4 is 0 Å². The van der Waals surface area contributed by atoms with Crippen molar-refractivity contribution in [3.63, 3.8) is 0 Å². The number of benzene rings is 3. The number of rotatable bonds is 3. The first kappa shape index (κ1) is 19.0. The van der Waals surface area contributed by atoms with Gasteiger partial charge in [0, 0.05) is 38.1 Å². The molecule has 0 amide bonds. The van der Waals surface area contributed by atoms with E-state index in [0.29, 0.717) is 0 Å². The van der Waals surface area contributed by atoms with Crippen molar-refractivity contribution in [2.24, 2.45) is 0 Å². The van der Waals surface area contributed by atoms with Crippen LogP contribution in [0.25, 0.3) is 32.8 Å². The third-order valence-corrected chi connectivity index (χ3v) is 7.32. The maximum absolute atomic E-state index is 4.31. The highest BCUT2D eigenvalue weighted by atomic mass is 15.2. The summed E-state index contributed by atoms with van der Waals surface area (Å²) in [5.74, 6) is 0. The summed E-state index contributed by atoms with van der Waals surface area (Å²) in [5.41, 5.74) is 8.45. The minimum atomic E-state index is 1.06. The van der Waals surface area contributed by atoms with Gasteiger partial charge in [-0.15, -0.1) is 0 Å². The number of aromatic nitrogens is 2. The van der Waals surface area contributed by atoms with Crippen LogP contribution in [0.5, 0.6) is 0 Å². The molecule has 4 nitrogen and oxygen atoms in total. The molecule has 1 aliphatic heterocycles. The molecule has 1 saturated heterocycles. The van der Waals surface area contributed by atoms with Crippen molar-refractivity contribution in [2.75, 3.05) is 33.2 Å². The summed E-state index contributed by atoms with van der Waals surface area (Å²) in [6.45, 7) is 5.73. The summed E-state index contributed by atoms with van der Waals surface area (Å²) in [6, 6.07) is 16.2. The summed E-state index contributed by atoms with van der Waals surface area (Å²) in [5, 5.41) is 11.5. The Bertz CT molecular complexity index is 1230. The molecule has 0 bridgehead atoms. The maximum atomic E-state index is 4.31. The van der Waals surface area contributed by atoms with E-state index in [1.165, 1.54) is 84.7 Å². The molecule has 0 atom stereocenters. The fourth-order valence-electron chi connectivity index (χ4n) is 5.52. The van der Waals surface area contributed by atoms with Crippen LogP contribution in [0.4, 0.5) is 0 Å². The summed E-state index contributed by atoms with van der Waals surface area (Å²) in [4.78, 5) is 4.99. The Kier molecular flexibility index (Phi) is 4.77. The number of nitrogens with one attached hydrogen (secondary N) is 1. The molecule has 0 spiro atoms. The van der Waals surface area contributed by atoms with Crippen LogP contribution in [0.2, 0.25) is 0 Å². The lowest BCUT2D eigenvalue weighted by molar-refractivity contribution is 0.148. The molecule has 6 rings (SSSR count). The van der Waals surface area contributed by atoms with Crippen molar-refractivity contribution in [1.29, 1.82) is 0 Å². The minimum absolute atomic E-state index is 1.06. The second kappa shape index (κ2) is 7.77. The van der Waals surface area contributed by atoms with Gasteiger partial charge in [-0.25, -0.2) is 0 Å². The fraction of sp³-hybridized carbons (Fsp3) is 0.370. The molecular formula is C27H30N4. The molecule has 1 aromatic heterocycles. The molecule has 0 radical (unpaired) electrons. The molecule has 0 saturated carbocycles. The monoisotopic (exact) mass is 410 g/mol. The Morgan fingerprint density at radius 1 is 0.903 bits per heavy atom. The highest BCUT2D eigenvalue weighted by Gasteiger charge is 2.20. The number of fused-ring (bicyclic) bond motifs is 5. The van der Waals surface area contributed by atoms with E-state index in [-0.39, 0.29) is 0 Å². The van der Waals surface area contributed by atoms with Crippen molar-refractivity contribution in [2.45, 2.75) is 32.2 Å². The van der Waals surface area contributed by atoms with Crippen LogP contribution in [0, 0.1) is 0 Å². The molecule has 0 unspecified atom stereocenters. The van der Waals surface area contributed by atoms with Crippen LogP contribution in [-0.4, -0.2) is 53.2 Å².